The van der Waals surface area contributed by atoms with Gasteiger partial charge >= 0.3 is 5.97 Å². The summed E-state index contributed by atoms with van der Waals surface area (Å²) in [5.74, 6) is 0.0114. The molecule has 0 aromatic heterocycles. The van der Waals surface area contributed by atoms with Crippen LogP contribution in [0.25, 0.3) is 0 Å². The fraction of sp³-hybridized carbons (Fsp3) is 0.417. The molecule has 0 unspecified atom stereocenters. The predicted molar refractivity (Wildman–Crippen MR) is 62.7 cm³/mol. The van der Waals surface area contributed by atoms with E-state index in [2.05, 4.69) is 0 Å². The number of rotatable bonds is 5. The first kappa shape index (κ1) is 12.8. The minimum Gasteiger partial charge on any atom is -0.508 e. The Hall–Kier alpha value is -1.22. The molecule has 1 rings (SSSR count). The summed E-state index contributed by atoms with van der Waals surface area (Å²) in [6.07, 6.45) is 1.62. The van der Waals surface area contributed by atoms with Crippen LogP contribution in [0.2, 0.25) is 5.02 Å². The average molecular weight is 243 g/mol. The van der Waals surface area contributed by atoms with Crippen LogP contribution in [0.4, 0.5) is 0 Å². The van der Waals surface area contributed by atoms with Gasteiger partial charge in [0, 0.05) is 11.4 Å². The van der Waals surface area contributed by atoms with Gasteiger partial charge in [-0.05, 0) is 43.5 Å². The first-order valence-electron chi connectivity index (χ1n) is 5.26. The van der Waals surface area contributed by atoms with Crippen molar-refractivity contribution >= 4 is 17.6 Å². The van der Waals surface area contributed by atoms with Gasteiger partial charge in [0.1, 0.15) is 5.75 Å². The number of halogens is 1. The monoisotopic (exact) mass is 242 g/mol. The molecule has 3 nitrogen and oxygen atoms in total. The van der Waals surface area contributed by atoms with Crippen LogP contribution in [-0.4, -0.2) is 17.7 Å². The van der Waals surface area contributed by atoms with Crippen molar-refractivity contribution in [2.24, 2.45) is 0 Å². The van der Waals surface area contributed by atoms with Gasteiger partial charge in [0.05, 0.1) is 6.61 Å². The molecule has 0 heterocycles. The van der Waals surface area contributed by atoms with Gasteiger partial charge in [-0.15, -0.1) is 0 Å². The molecule has 0 aliphatic heterocycles. The lowest BCUT2D eigenvalue weighted by molar-refractivity contribution is -0.143. The summed E-state index contributed by atoms with van der Waals surface area (Å²) in [5.41, 5.74) is 0.761. The number of aryl methyl sites for hydroxylation is 1. The second-order valence-electron chi connectivity index (χ2n) is 3.43. The zero-order chi connectivity index (χ0) is 12.0. The molecule has 4 heteroatoms. The van der Waals surface area contributed by atoms with E-state index in [-0.39, 0.29) is 11.7 Å². The maximum atomic E-state index is 11.1. The van der Waals surface area contributed by atoms with Crippen molar-refractivity contribution in [3.63, 3.8) is 0 Å². The summed E-state index contributed by atoms with van der Waals surface area (Å²) in [5, 5.41) is 10.1. The summed E-state index contributed by atoms with van der Waals surface area (Å²) in [6.45, 7) is 2.18. The van der Waals surface area contributed by atoms with Gasteiger partial charge in [0.15, 0.2) is 0 Å². The lowest BCUT2D eigenvalue weighted by Gasteiger charge is -2.05. The van der Waals surface area contributed by atoms with Gasteiger partial charge in [-0.25, -0.2) is 0 Å². The Morgan fingerprint density at radius 2 is 2.25 bits per heavy atom. The molecule has 0 saturated carbocycles. The molecule has 1 N–H and O–H groups in total. The highest BCUT2D eigenvalue weighted by Gasteiger charge is 2.05. The van der Waals surface area contributed by atoms with Crippen LogP contribution in [0.1, 0.15) is 25.3 Å². The first-order valence-corrected chi connectivity index (χ1v) is 5.64. The third kappa shape index (κ3) is 4.11. The number of phenols is 1. The van der Waals surface area contributed by atoms with Crippen molar-refractivity contribution in [1.29, 1.82) is 0 Å². The number of hydrogen-bond acceptors (Lipinski definition) is 3. The van der Waals surface area contributed by atoms with Gasteiger partial charge in [-0.3, -0.25) is 4.79 Å². The van der Waals surface area contributed by atoms with Crippen LogP contribution in [0.3, 0.4) is 0 Å². The Bertz CT molecular complexity index is 363. The maximum absolute atomic E-state index is 11.1. The molecule has 16 heavy (non-hydrogen) atoms. The van der Waals surface area contributed by atoms with E-state index >= 15 is 0 Å². The topological polar surface area (TPSA) is 46.5 Å². The summed E-state index contributed by atoms with van der Waals surface area (Å²) >= 11 is 5.81. The quantitative estimate of drug-likeness (QED) is 0.808. The number of carbonyl (C=O) groups excluding carboxylic acids is 1. The van der Waals surface area contributed by atoms with E-state index in [1.165, 1.54) is 0 Å². The molecule has 1 aromatic rings. The number of benzene rings is 1. The van der Waals surface area contributed by atoms with Gasteiger partial charge in [-0.1, -0.05) is 11.6 Å². The van der Waals surface area contributed by atoms with E-state index in [0.29, 0.717) is 30.9 Å². The Morgan fingerprint density at radius 3 is 2.94 bits per heavy atom. The van der Waals surface area contributed by atoms with E-state index in [4.69, 9.17) is 16.3 Å². The second kappa shape index (κ2) is 6.38. The summed E-state index contributed by atoms with van der Waals surface area (Å²) < 4.78 is 4.81. The van der Waals surface area contributed by atoms with E-state index in [0.717, 1.165) is 5.56 Å². The van der Waals surface area contributed by atoms with Crippen LogP contribution < -0.4 is 0 Å². The Labute approximate surface area is 100.0 Å². The molecule has 0 atom stereocenters. The summed E-state index contributed by atoms with van der Waals surface area (Å²) in [7, 11) is 0. The van der Waals surface area contributed by atoms with Crippen molar-refractivity contribution in [2.45, 2.75) is 26.2 Å². The average Bonchev–Trinajstić information content (AvgIpc) is 2.23. The molecule has 0 radical (unpaired) electrons. The fourth-order valence-electron chi connectivity index (χ4n) is 1.41. The number of aromatic hydroxyl groups is 1. The highest BCUT2D eigenvalue weighted by atomic mass is 35.5. The largest absolute Gasteiger partial charge is 0.508 e. The minimum absolute atomic E-state index is 0.205. The highest BCUT2D eigenvalue weighted by molar-refractivity contribution is 6.30. The Balaban J connectivity index is 2.42. The Morgan fingerprint density at radius 1 is 1.50 bits per heavy atom. The van der Waals surface area contributed by atoms with Gasteiger partial charge < -0.3 is 9.84 Å². The van der Waals surface area contributed by atoms with Crippen LogP contribution in [-0.2, 0) is 16.0 Å². The molecule has 1 aromatic carbocycles. The minimum atomic E-state index is -0.205. The van der Waals surface area contributed by atoms with E-state index in [1.54, 1.807) is 25.1 Å². The zero-order valence-electron chi connectivity index (χ0n) is 9.20. The third-order valence-corrected chi connectivity index (χ3v) is 2.41. The number of carbonyl (C=O) groups is 1. The van der Waals surface area contributed by atoms with Crippen molar-refractivity contribution in [3.05, 3.63) is 28.8 Å². The molecular formula is C12H15ClO3. The summed E-state index contributed by atoms with van der Waals surface area (Å²) in [4.78, 5) is 11.1. The number of phenolic OH excluding ortho intramolecular Hbond substituents is 1. The van der Waals surface area contributed by atoms with E-state index in [9.17, 15) is 9.90 Å². The smallest absolute Gasteiger partial charge is 0.305 e. The standard InChI is InChI=1S/C12H15ClO3/c1-2-16-12(15)5-3-4-9-8-10(13)6-7-11(9)14/h6-8,14H,2-5H2,1H3. The van der Waals surface area contributed by atoms with Crippen molar-refractivity contribution < 1.29 is 14.6 Å². The predicted octanol–water partition coefficient (Wildman–Crippen LogP) is 2.93. The molecule has 0 spiro atoms. The van der Waals surface area contributed by atoms with Crippen LogP contribution in [0.5, 0.6) is 5.75 Å². The zero-order valence-corrected chi connectivity index (χ0v) is 9.96. The molecule has 0 saturated heterocycles. The third-order valence-electron chi connectivity index (χ3n) is 2.17. The second-order valence-corrected chi connectivity index (χ2v) is 3.87. The summed E-state index contributed by atoms with van der Waals surface area (Å²) in [6, 6.07) is 4.90. The molecule has 0 amide bonds. The molecule has 0 fully saturated rings. The van der Waals surface area contributed by atoms with Crippen LogP contribution >= 0.6 is 11.6 Å². The van der Waals surface area contributed by atoms with Gasteiger partial charge in [0.2, 0.25) is 0 Å². The molecule has 88 valence electrons. The SMILES string of the molecule is CCOC(=O)CCCc1cc(Cl)ccc1O. The first-order chi connectivity index (χ1) is 7.63. The van der Waals surface area contributed by atoms with Crippen LogP contribution in [0.15, 0.2) is 18.2 Å². The number of hydrogen-bond donors (Lipinski definition) is 1. The fourth-order valence-corrected chi connectivity index (χ4v) is 1.61. The lowest BCUT2D eigenvalue weighted by Crippen LogP contribution is -2.04. The molecule has 0 aliphatic rings. The van der Waals surface area contributed by atoms with Crippen molar-refractivity contribution in [2.75, 3.05) is 6.61 Å². The number of esters is 1. The van der Waals surface area contributed by atoms with Crippen molar-refractivity contribution in [3.8, 4) is 5.75 Å². The molecule has 0 bridgehead atoms. The normalized spacial score (nSPS) is 10.1. The van der Waals surface area contributed by atoms with Gasteiger partial charge in [0.25, 0.3) is 0 Å². The Kier molecular flexibility index (Phi) is 5.12. The molecule has 0 aliphatic carbocycles. The molecular weight excluding hydrogens is 228 g/mol. The van der Waals surface area contributed by atoms with E-state index in [1.807, 2.05) is 0 Å². The van der Waals surface area contributed by atoms with Gasteiger partial charge in [-0.2, -0.15) is 0 Å². The van der Waals surface area contributed by atoms with Crippen molar-refractivity contribution in [1.82, 2.24) is 0 Å². The maximum Gasteiger partial charge on any atom is 0.305 e. The van der Waals surface area contributed by atoms with Crippen LogP contribution in [0, 0.1) is 0 Å². The number of ether oxygens (including phenoxy) is 1. The highest BCUT2D eigenvalue weighted by Crippen LogP contribution is 2.23. The van der Waals surface area contributed by atoms with E-state index < -0.39 is 0 Å². The lowest BCUT2D eigenvalue weighted by atomic mass is 10.1.